The minimum absolute atomic E-state index is 0.336. The van der Waals surface area contributed by atoms with E-state index in [9.17, 15) is 26.4 Å². The molecule has 4 nitrogen and oxygen atoms in total. The van der Waals surface area contributed by atoms with Gasteiger partial charge in [0.2, 0.25) is 5.91 Å². The molecule has 17 heavy (non-hydrogen) atoms. The second-order valence-electron chi connectivity index (χ2n) is 4.66. The zero-order chi connectivity index (χ0) is 13.1. The molecule has 2 saturated heterocycles. The molecule has 0 saturated carbocycles. The molecule has 1 amide bonds. The molecule has 2 fully saturated rings. The van der Waals surface area contributed by atoms with Crippen LogP contribution in [0.3, 0.4) is 0 Å². The van der Waals surface area contributed by atoms with Gasteiger partial charge in [-0.3, -0.25) is 4.79 Å². The molecule has 2 heterocycles. The first-order valence-electron chi connectivity index (χ1n) is 5.14. The summed E-state index contributed by atoms with van der Waals surface area (Å²) in [5, 5.41) is -1.49. The first-order valence-corrected chi connectivity index (χ1v) is 6.85. The maximum Gasteiger partial charge on any atom is 0.397 e. The van der Waals surface area contributed by atoms with Crippen LogP contribution in [0, 0.1) is 5.41 Å². The zero-order valence-electron chi connectivity index (χ0n) is 9.12. The summed E-state index contributed by atoms with van der Waals surface area (Å²) in [5.74, 6) is -0.957. The van der Waals surface area contributed by atoms with E-state index in [1.807, 2.05) is 0 Å². The standard InChI is InChI=1S/C9H12F3NO3S/c1-6(14)13-4-7-8(5-13,9(10,11)12)2-3-17(7,15)16/h7H,2-5H2,1H3/t7-,8-/m1/s1. The predicted molar refractivity (Wildman–Crippen MR) is 52.9 cm³/mol. The van der Waals surface area contributed by atoms with Crippen molar-refractivity contribution >= 4 is 15.7 Å². The molecular weight excluding hydrogens is 259 g/mol. The number of alkyl halides is 3. The Hall–Kier alpha value is -0.790. The molecule has 0 unspecified atom stereocenters. The number of fused-ring (bicyclic) bond motifs is 1. The van der Waals surface area contributed by atoms with Crippen LogP contribution in [0.4, 0.5) is 13.2 Å². The normalized spacial score (nSPS) is 36.0. The maximum atomic E-state index is 13.1. The molecule has 2 aliphatic rings. The van der Waals surface area contributed by atoms with Crippen LogP contribution < -0.4 is 0 Å². The molecule has 0 aromatic heterocycles. The number of hydrogen-bond donors (Lipinski definition) is 0. The molecule has 2 aliphatic heterocycles. The fourth-order valence-corrected chi connectivity index (χ4v) is 5.05. The van der Waals surface area contributed by atoms with Crippen molar-refractivity contribution in [2.24, 2.45) is 5.41 Å². The van der Waals surface area contributed by atoms with Gasteiger partial charge in [0.1, 0.15) is 5.41 Å². The fourth-order valence-electron chi connectivity index (χ4n) is 2.70. The summed E-state index contributed by atoms with van der Waals surface area (Å²) in [7, 11) is -3.75. The van der Waals surface area contributed by atoms with E-state index in [0.29, 0.717) is 0 Å². The van der Waals surface area contributed by atoms with Crippen molar-refractivity contribution in [3.05, 3.63) is 0 Å². The van der Waals surface area contributed by atoms with Gasteiger partial charge in [-0.1, -0.05) is 0 Å². The topological polar surface area (TPSA) is 54.5 Å². The lowest BCUT2D eigenvalue weighted by Crippen LogP contribution is -2.45. The van der Waals surface area contributed by atoms with E-state index in [1.165, 1.54) is 0 Å². The Morgan fingerprint density at radius 1 is 1.41 bits per heavy atom. The van der Waals surface area contributed by atoms with Crippen molar-refractivity contribution in [2.45, 2.75) is 24.8 Å². The van der Waals surface area contributed by atoms with Gasteiger partial charge in [-0.2, -0.15) is 13.2 Å². The Bertz CT molecular complexity index is 459. The number of amides is 1. The third-order valence-electron chi connectivity index (χ3n) is 3.75. The highest BCUT2D eigenvalue weighted by atomic mass is 32.2. The minimum Gasteiger partial charge on any atom is -0.341 e. The van der Waals surface area contributed by atoms with Crippen LogP contribution in [0.15, 0.2) is 0 Å². The molecule has 0 spiro atoms. The van der Waals surface area contributed by atoms with Gasteiger partial charge in [-0.25, -0.2) is 8.42 Å². The van der Waals surface area contributed by atoms with Crippen molar-refractivity contribution in [3.8, 4) is 0 Å². The lowest BCUT2D eigenvalue weighted by Gasteiger charge is -2.29. The summed E-state index contributed by atoms with van der Waals surface area (Å²) in [6.07, 6.45) is -5.03. The zero-order valence-corrected chi connectivity index (χ0v) is 9.94. The lowest BCUT2D eigenvalue weighted by atomic mass is 9.83. The molecule has 0 bridgehead atoms. The number of likely N-dealkylation sites (tertiary alicyclic amines) is 1. The molecule has 2 atom stereocenters. The summed E-state index contributed by atoms with van der Waals surface area (Å²) in [6.45, 7) is 0.282. The van der Waals surface area contributed by atoms with Crippen LogP contribution in [-0.4, -0.2) is 49.5 Å². The SMILES string of the molecule is CC(=O)N1C[C@@H]2[C@@](C(F)(F)F)(CCS2(=O)=O)C1. The Morgan fingerprint density at radius 2 is 2.00 bits per heavy atom. The number of rotatable bonds is 0. The number of carbonyl (C=O) groups excluding carboxylic acids is 1. The van der Waals surface area contributed by atoms with Gasteiger partial charge < -0.3 is 4.90 Å². The van der Waals surface area contributed by atoms with Crippen LogP contribution in [0.25, 0.3) is 0 Å². The molecule has 0 aliphatic carbocycles. The van der Waals surface area contributed by atoms with Crippen LogP contribution >= 0.6 is 0 Å². The predicted octanol–water partition coefficient (Wildman–Crippen LogP) is 0.584. The Balaban J connectivity index is 2.46. The fraction of sp³-hybridized carbons (Fsp3) is 0.889. The van der Waals surface area contributed by atoms with Gasteiger partial charge in [-0.15, -0.1) is 0 Å². The largest absolute Gasteiger partial charge is 0.397 e. The van der Waals surface area contributed by atoms with Crippen molar-refractivity contribution in [2.75, 3.05) is 18.8 Å². The van der Waals surface area contributed by atoms with E-state index in [1.54, 1.807) is 0 Å². The summed E-state index contributed by atoms with van der Waals surface area (Å²) in [5.41, 5.74) is -2.25. The van der Waals surface area contributed by atoms with Crippen molar-refractivity contribution < 1.29 is 26.4 Å². The average Bonchev–Trinajstić information content (AvgIpc) is 2.64. The highest BCUT2D eigenvalue weighted by molar-refractivity contribution is 7.92. The van der Waals surface area contributed by atoms with Crippen molar-refractivity contribution in [1.29, 1.82) is 0 Å². The van der Waals surface area contributed by atoms with Gasteiger partial charge in [0.25, 0.3) is 0 Å². The van der Waals surface area contributed by atoms with Crippen LogP contribution in [0.1, 0.15) is 13.3 Å². The lowest BCUT2D eigenvalue weighted by molar-refractivity contribution is -0.216. The van der Waals surface area contributed by atoms with Crippen LogP contribution in [0.5, 0.6) is 0 Å². The number of halogens is 3. The summed E-state index contributed by atoms with van der Waals surface area (Å²) < 4.78 is 62.5. The van der Waals surface area contributed by atoms with E-state index >= 15 is 0 Å². The molecule has 98 valence electrons. The van der Waals surface area contributed by atoms with Gasteiger partial charge in [-0.05, 0) is 6.42 Å². The number of carbonyl (C=O) groups is 1. The smallest absolute Gasteiger partial charge is 0.341 e. The number of sulfone groups is 1. The van der Waals surface area contributed by atoms with E-state index in [2.05, 4.69) is 0 Å². The molecule has 8 heteroatoms. The average molecular weight is 271 g/mol. The molecule has 0 aromatic rings. The monoisotopic (exact) mass is 271 g/mol. The summed E-state index contributed by atoms with van der Waals surface area (Å²) >= 11 is 0. The maximum absolute atomic E-state index is 13.1. The van der Waals surface area contributed by atoms with Crippen LogP contribution in [-0.2, 0) is 14.6 Å². The Labute approximate surface area is 96.7 Å². The highest BCUT2D eigenvalue weighted by Gasteiger charge is 2.70. The summed E-state index contributed by atoms with van der Waals surface area (Å²) in [4.78, 5) is 12.1. The van der Waals surface area contributed by atoms with Gasteiger partial charge in [0.05, 0.1) is 11.0 Å². The van der Waals surface area contributed by atoms with E-state index in [-0.39, 0.29) is 6.54 Å². The number of hydrogen-bond acceptors (Lipinski definition) is 3. The molecule has 0 radical (unpaired) electrons. The van der Waals surface area contributed by atoms with Crippen molar-refractivity contribution in [3.63, 3.8) is 0 Å². The number of nitrogens with zero attached hydrogens (tertiary/aromatic N) is 1. The highest BCUT2D eigenvalue weighted by Crippen LogP contribution is 2.54. The van der Waals surface area contributed by atoms with Gasteiger partial charge >= 0.3 is 6.18 Å². The first-order chi connectivity index (χ1) is 7.60. The second kappa shape index (κ2) is 3.37. The van der Waals surface area contributed by atoms with Crippen molar-refractivity contribution in [1.82, 2.24) is 4.90 Å². The third kappa shape index (κ3) is 1.64. The van der Waals surface area contributed by atoms with E-state index < -0.39 is 51.3 Å². The Morgan fingerprint density at radius 3 is 2.41 bits per heavy atom. The first kappa shape index (κ1) is 12.7. The molecule has 0 N–H and O–H groups in total. The molecule has 2 rings (SSSR count). The summed E-state index contributed by atoms with van der Waals surface area (Å²) in [6, 6.07) is 0. The minimum atomic E-state index is -4.59. The second-order valence-corrected chi connectivity index (χ2v) is 6.96. The molecule has 0 aromatic carbocycles. The van der Waals surface area contributed by atoms with E-state index in [0.717, 1.165) is 11.8 Å². The van der Waals surface area contributed by atoms with Crippen LogP contribution in [0.2, 0.25) is 0 Å². The molecular formula is C9H12F3NO3S. The Kier molecular flexibility index (Phi) is 2.51. The van der Waals surface area contributed by atoms with Gasteiger partial charge in [0, 0.05) is 20.0 Å². The quantitative estimate of drug-likeness (QED) is 0.648. The van der Waals surface area contributed by atoms with E-state index in [4.69, 9.17) is 0 Å². The van der Waals surface area contributed by atoms with Gasteiger partial charge in [0.15, 0.2) is 9.84 Å². The third-order valence-corrected chi connectivity index (χ3v) is 5.99.